The van der Waals surface area contributed by atoms with Crippen molar-refractivity contribution in [3.05, 3.63) is 30.1 Å². The molecule has 0 saturated carbocycles. The van der Waals surface area contributed by atoms with Crippen molar-refractivity contribution in [1.29, 1.82) is 0 Å². The maximum Gasteiger partial charge on any atom is 0.251 e. The van der Waals surface area contributed by atoms with Crippen LogP contribution >= 0.6 is 11.8 Å². The summed E-state index contributed by atoms with van der Waals surface area (Å²) in [6.45, 7) is 4.19. The van der Waals surface area contributed by atoms with Crippen LogP contribution in [0, 0.1) is 0 Å². The normalized spacial score (nSPS) is 12.5. The number of benzene rings is 1. The summed E-state index contributed by atoms with van der Waals surface area (Å²) >= 11 is 1.90. The monoisotopic (exact) mass is 277 g/mol. The number of carbonyl (C=O) groups is 1. The lowest BCUT2D eigenvalue weighted by Crippen LogP contribution is -2.32. The molecule has 0 aliphatic rings. The maximum atomic E-state index is 12.1. The summed E-state index contributed by atoms with van der Waals surface area (Å²) in [7, 11) is 0. The molecule has 4 nitrogen and oxygen atoms in total. The molecule has 102 valence electrons. The molecule has 1 aromatic carbocycles. The van der Waals surface area contributed by atoms with Gasteiger partial charge < -0.3 is 10.3 Å². The molecule has 0 aliphatic carbocycles. The second-order valence-corrected chi connectivity index (χ2v) is 5.89. The third-order valence-corrected chi connectivity index (χ3v) is 3.89. The number of fused-ring (bicyclic) bond motifs is 1. The number of amides is 1. The summed E-state index contributed by atoms with van der Waals surface area (Å²) in [5.74, 6) is 2.18. The van der Waals surface area contributed by atoms with Gasteiger partial charge in [-0.2, -0.15) is 11.8 Å². The first-order valence-electron chi connectivity index (χ1n) is 6.52. The van der Waals surface area contributed by atoms with Crippen molar-refractivity contribution in [3.63, 3.8) is 0 Å². The zero-order chi connectivity index (χ0) is 13.7. The van der Waals surface area contributed by atoms with Gasteiger partial charge in [-0.15, -0.1) is 0 Å². The number of aromatic nitrogens is 2. The molecule has 2 rings (SSSR count). The van der Waals surface area contributed by atoms with Crippen molar-refractivity contribution < 1.29 is 4.79 Å². The summed E-state index contributed by atoms with van der Waals surface area (Å²) < 4.78 is 0. The van der Waals surface area contributed by atoms with Crippen LogP contribution in [0.3, 0.4) is 0 Å². The Morgan fingerprint density at radius 1 is 1.53 bits per heavy atom. The van der Waals surface area contributed by atoms with E-state index in [1.807, 2.05) is 36.9 Å². The number of imidazole rings is 1. The van der Waals surface area contributed by atoms with Gasteiger partial charge in [0, 0.05) is 11.6 Å². The van der Waals surface area contributed by atoms with Gasteiger partial charge in [-0.05, 0) is 43.0 Å². The molecule has 0 spiro atoms. The van der Waals surface area contributed by atoms with Crippen LogP contribution in [0.4, 0.5) is 0 Å². The minimum atomic E-state index is -0.0227. The lowest BCUT2D eigenvalue weighted by Gasteiger charge is -2.13. The fourth-order valence-corrected chi connectivity index (χ4v) is 2.67. The number of hydrogen-bond donors (Lipinski definition) is 2. The van der Waals surface area contributed by atoms with Crippen LogP contribution in [-0.2, 0) is 0 Å². The molecule has 0 fully saturated rings. The summed E-state index contributed by atoms with van der Waals surface area (Å²) in [4.78, 5) is 19.3. The van der Waals surface area contributed by atoms with Crippen molar-refractivity contribution in [3.8, 4) is 0 Å². The predicted octanol–water partition coefficient (Wildman–Crippen LogP) is 2.82. The van der Waals surface area contributed by atoms with E-state index in [1.165, 1.54) is 0 Å². The summed E-state index contributed by atoms with van der Waals surface area (Å²) in [6.07, 6.45) is 2.63. The second kappa shape index (κ2) is 6.61. The Bertz CT molecular complexity index is 552. The molecule has 19 heavy (non-hydrogen) atoms. The average Bonchev–Trinajstić information content (AvgIpc) is 2.86. The molecule has 1 unspecified atom stereocenters. The van der Waals surface area contributed by atoms with Crippen LogP contribution in [0.25, 0.3) is 11.0 Å². The fraction of sp³-hybridized carbons (Fsp3) is 0.429. The maximum absolute atomic E-state index is 12.1. The molecule has 1 heterocycles. The van der Waals surface area contributed by atoms with Crippen LogP contribution in [0.5, 0.6) is 0 Å². The van der Waals surface area contributed by atoms with E-state index >= 15 is 0 Å². The highest BCUT2D eigenvalue weighted by Crippen LogP contribution is 2.12. The Balaban J connectivity index is 1.95. The third-order valence-electron chi connectivity index (χ3n) is 2.96. The van der Waals surface area contributed by atoms with E-state index in [4.69, 9.17) is 0 Å². The van der Waals surface area contributed by atoms with Gasteiger partial charge in [-0.25, -0.2) is 4.98 Å². The molecule has 0 aliphatic heterocycles. The van der Waals surface area contributed by atoms with Gasteiger partial charge in [-0.1, -0.05) is 6.92 Å². The van der Waals surface area contributed by atoms with Crippen molar-refractivity contribution in [2.24, 2.45) is 0 Å². The van der Waals surface area contributed by atoms with Crippen LogP contribution in [-0.4, -0.2) is 33.4 Å². The quantitative estimate of drug-likeness (QED) is 0.798. The summed E-state index contributed by atoms with van der Waals surface area (Å²) in [6, 6.07) is 5.71. The van der Waals surface area contributed by atoms with Gasteiger partial charge in [0.2, 0.25) is 0 Å². The smallest absolute Gasteiger partial charge is 0.251 e. The van der Waals surface area contributed by atoms with Crippen molar-refractivity contribution in [2.45, 2.75) is 26.3 Å². The van der Waals surface area contributed by atoms with E-state index < -0.39 is 0 Å². The highest BCUT2D eigenvalue weighted by molar-refractivity contribution is 7.99. The molecular formula is C14H19N3OS. The highest BCUT2D eigenvalue weighted by Gasteiger charge is 2.10. The average molecular weight is 277 g/mol. The summed E-state index contributed by atoms with van der Waals surface area (Å²) in [5.41, 5.74) is 2.44. The van der Waals surface area contributed by atoms with Gasteiger partial charge in [-0.3, -0.25) is 4.79 Å². The molecule has 0 radical (unpaired) electrons. The van der Waals surface area contributed by atoms with E-state index in [1.54, 1.807) is 6.33 Å². The summed E-state index contributed by atoms with van der Waals surface area (Å²) in [5, 5.41) is 3.03. The molecule has 5 heteroatoms. The van der Waals surface area contributed by atoms with E-state index in [0.29, 0.717) is 5.56 Å². The first kappa shape index (κ1) is 13.9. The number of nitrogens with zero attached hydrogens (tertiary/aromatic N) is 1. The molecule has 2 N–H and O–H groups in total. The predicted molar refractivity (Wildman–Crippen MR) is 80.6 cm³/mol. The minimum absolute atomic E-state index is 0.0227. The molecule has 1 amide bonds. The highest BCUT2D eigenvalue weighted by atomic mass is 32.2. The van der Waals surface area contributed by atoms with Gasteiger partial charge in [0.05, 0.1) is 17.4 Å². The number of hydrogen-bond acceptors (Lipinski definition) is 3. The van der Waals surface area contributed by atoms with Gasteiger partial charge in [0.15, 0.2) is 0 Å². The molecule has 1 aromatic heterocycles. The van der Waals surface area contributed by atoms with Crippen molar-refractivity contribution in [2.75, 3.05) is 11.5 Å². The van der Waals surface area contributed by atoms with Gasteiger partial charge in [0.25, 0.3) is 5.91 Å². The molecule has 1 atom stereocenters. The molecule has 0 saturated heterocycles. The van der Waals surface area contributed by atoms with E-state index in [2.05, 4.69) is 22.2 Å². The van der Waals surface area contributed by atoms with Gasteiger partial charge in [0.1, 0.15) is 0 Å². The van der Waals surface area contributed by atoms with Crippen molar-refractivity contribution >= 4 is 28.7 Å². The molecule has 2 aromatic rings. The zero-order valence-electron chi connectivity index (χ0n) is 11.3. The Kier molecular flexibility index (Phi) is 4.85. The number of nitrogens with one attached hydrogen (secondary N) is 2. The topological polar surface area (TPSA) is 57.8 Å². The lowest BCUT2D eigenvalue weighted by molar-refractivity contribution is 0.0939. The third kappa shape index (κ3) is 3.73. The van der Waals surface area contributed by atoms with Crippen LogP contribution in [0.2, 0.25) is 0 Å². The minimum Gasteiger partial charge on any atom is -0.350 e. The first-order chi connectivity index (χ1) is 9.20. The van der Waals surface area contributed by atoms with E-state index in [9.17, 15) is 4.79 Å². The standard InChI is InChI=1S/C14H19N3OS/c1-3-19-7-6-10(2)17-14(18)11-4-5-12-13(8-11)16-9-15-12/h4-5,8-10H,3,6-7H2,1-2H3,(H,15,16)(H,17,18). The lowest BCUT2D eigenvalue weighted by atomic mass is 10.1. The number of carbonyl (C=O) groups excluding carboxylic acids is 1. The Morgan fingerprint density at radius 3 is 3.16 bits per heavy atom. The van der Waals surface area contributed by atoms with Gasteiger partial charge >= 0.3 is 0 Å². The zero-order valence-corrected chi connectivity index (χ0v) is 12.1. The van der Waals surface area contributed by atoms with Crippen LogP contribution in [0.1, 0.15) is 30.6 Å². The Hall–Kier alpha value is -1.49. The Morgan fingerprint density at radius 2 is 2.37 bits per heavy atom. The second-order valence-electron chi connectivity index (χ2n) is 4.49. The Labute approximate surface area is 117 Å². The van der Waals surface area contributed by atoms with Crippen molar-refractivity contribution in [1.82, 2.24) is 15.3 Å². The van der Waals surface area contributed by atoms with E-state index in [0.717, 1.165) is 29.0 Å². The largest absolute Gasteiger partial charge is 0.350 e. The van der Waals surface area contributed by atoms with E-state index in [-0.39, 0.29) is 11.9 Å². The number of thioether (sulfide) groups is 1. The molecular weight excluding hydrogens is 258 g/mol. The SMILES string of the molecule is CCSCCC(C)NC(=O)c1ccc2nc[nH]c2c1. The fourth-order valence-electron chi connectivity index (χ4n) is 1.86. The number of H-pyrrole nitrogens is 1. The van der Waals surface area contributed by atoms with Crippen LogP contribution in [0.15, 0.2) is 24.5 Å². The first-order valence-corrected chi connectivity index (χ1v) is 7.68. The number of rotatable bonds is 6. The number of aromatic amines is 1. The van der Waals surface area contributed by atoms with Crippen LogP contribution < -0.4 is 5.32 Å². The molecule has 0 bridgehead atoms.